The minimum atomic E-state index is -2.79. The van der Waals surface area contributed by atoms with E-state index in [2.05, 4.69) is 0 Å². The normalized spacial score (nSPS) is 23.7. The molecule has 1 heterocycles. The molecular weight excluding hydrogens is 222 g/mol. The number of hydrogen-bond acceptors (Lipinski definition) is 3. The van der Waals surface area contributed by atoms with Gasteiger partial charge in [-0.15, -0.1) is 0 Å². The van der Waals surface area contributed by atoms with Gasteiger partial charge in [-0.25, -0.2) is 13.6 Å². The number of carbonyl (C=O) groups is 3. The van der Waals surface area contributed by atoms with E-state index >= 15 is 0 Å². The molecule has 5 nitrogen and oxygen atoms in total. The van der Waals surface area contributed by atoms with Gasteiger partial charge < -0.3 is 0 Å². The summed E-state index contributed by atoms with van der Waals surface area (Å²) in [6.45, 7) is -0.959. The highest BCUT2D eigenvalue weighted by atomic mass is 19.3. The fraction of sp³-hybridized carbons (Fsp3) is 0.667. The summed E-state index contributed by atoms with van der Waals surface area (Å²) in [6, 6.07) is -1.05. The number of alkyl halides is 2. The maximum atomic E-state index is 12.2. The van der Waals surface area contributed by atoms with Crippen LogP contribution < -0.4 is 5.32 Å². The number of imide groups is 2. The summed E-state index contributed by atoms with van der Waals surface area (Å²) in [5.41, 5.74) is -1.26. The zero-order valence-corrected chi connectivity index (χ0v) is 8.33. The first-order valence-electron chi connectivity index (χ1n) is 4.93. The number of urea groups is 1. The van der Waals surface area contributed by atoms with E-state index in [4.69, 9.17) is 0 Å². The molecule has 16 heavy (non-hydrogen) atoms. The monoisotopic (exact) mass is 232 g/mol. The first kappa shape index (κ1) is 11.0. The van der Waals surface area contributed by atoms with Crippen LogP contribution in [0.4, 0.5) is 13.6 Å². The Labute approximate surface area is 89.8 Å². The Kier molecular flexibility index (Phi) is 2.40. The Morgan fingerprint density at radius 2 is 1.94 bits per heavy atom. The molecule has 2 fully saturated rings. The van der Waals surface area contributed by atoms with Gasteiger partial charge in [-0.05, 0) is 12.8 Å². The fourth-order valence-corrected chi connectivity index (χ4v) is 2.01. The number of nitrogens with zero attached hydrogens (tertiary/aromatic N) is 1. The number of amides is 4. The molecular formula is C9H10F2N2O3. The van der Waals surface area contributed by atoms with Crippen LogP contribution in [0.25, 0.3) is 0 Å². The highest BCUT2D eigenvalue weighted by Crippen LogP contribution is 2.44. The molecule has 4 amide bonds. The molecule has 0 aromatic rings. The number of hydrogen-bond donors (Lipinski definition) is 1. The van der Waals surface area contributed by atoms with Gasteiger partial charge in [-0.1, -0.05) is 6.42 Å². The molecule has 1 N–H and O–H groups in total. The number of halogens is 2. The number of barbiturate groups is 1. The van der Waals surface area contributed by atoms with Crippen LogP contribution in [0.3, 0.4) is 0 Å². The van der Waals surface area contributed by atoms with Gasteiger partial charge in [-0.2, -0.15) is 0 Å². The second-order valence-electron chi connectivity index (χ2n) is 4.00. The Balaban J connectivity index is 2.23. The molecule has 2 aliphatic rings. The lowest BCUT2D eigenvalue weighted by Gasteiger charge is -2.44. The molecule has 0 bridgehead atoms. The predicted molar refractivity (Wildman–Crippen MR) is 47.5 cm³/mol. The van der Waals surface area contributed by atoms with Gasteiger partial charge in [-0.3, -0.25) is 19.8 Å². The molecule has 1 saturated heterocycles. The van der Waals surface area contributed by atoms with Crippen LogP contribution in [0.2, 0.25) is 0 Å². The van der Waals surface area contributed by atoms with Crippen LogP contribution in [0.1, 0.15) is 19.3 Å². The van der Waals surface area contributed by atoms with E-state index < -0.39 is 36.2 Å². The molecule has 2 rings (SSSR count). The van der Waals surface area contributed by atoms with Crippen molar-refractivity contribution in [3.63, 3.8) is 0 Å². The van der Waals surface area contributed by atoms with Crippen molar-refractivity contribution in [3.8, 4) is 0 Å². The molecule has 0 aromatic carbocycles. The summed E-state index contributed by atoms with van der Waals surface area (Å²) in [7, 11) is 0. The van der Waals surface area contributed by atoms with Crippen molar-refractivity contribution < 1.29 is 23.2 Å². The average molecular weight is 232 g/mol. The molecule has 7 heteroatoms. The lowest BCUT2D eigenvalue weighted by molar-refractivity contribution is -0.158. The van der Waals surface area contributed by atoms with E-state index in [1.165, 1.54) is 0 Å². The van der Waals surface area contributed by atoms with E-state index in [0.717, 1.165) is 0 Å². The van der Waals surface area contributed by atoms with Gasteiger partial charge >= 0.3 is 6.03 Å². The van der Waals surface area contributed by atoms with E-state index in [1.54, 1.807) is 0 Å². The Bertz CT molecular complexity index is 366. The lowest BCUT2D eigenvalue weighted by atomic mass is 9.66. The zero-order chi connectivity index (χ0) is 11.9. The van der Waals surface area contributed by atoms with E-state index in [0.29, 0.717) is 24.2 Å². The van der Waals surface area contributed by atoms with Crippen molar-refractivity contribution in [3.05, 3.63) is 0 Å². The first-order valence-corrected chi connectivity index (χ1v) is 4.93. The van der Waals surface area contributed by atoms with Gasteiger partial charge in [0.25, 0.3) is 6.43 Å². The Hall–Kier alpha value is -1.53. The highest BCUT2D eigenvalue weighted by Gasteiger charge is 2.57. The van der Waals surface area contributed by atoms with E-state index in [-0.39, 0.29) is 0 Å². The quantitative estimate of drug-likeness (QED) is 0.705. The predicted octanol–water partition coefficient (Wildman–Crippen LogP) is 0.500. The summed E-state index contributed by atoms with van der Waals surface area (Å²) >= 11 is 0. The van der Waals surface area contributed by atoms with Gasteiger partial charge in [0.05, 0.1) is 6.54 Å². The molecule has 1 aliphatic heterocycles. The second-order valence-corrected chi connectivity index (χ2v) is 4.00. The number of carbonyl (C=O) groups excluding carboxylic acids is 3. The second kappa shape index (κ2) is 3.50. The molecule has 88 valence electrons. The third-order valence-corrected chi connectivity index (χ3v) is 3.08. The zero-order valence-electron chi connectivity index (χ0n) is 8.33. The van der Waals surface area contributed by atoms with Crippen molar-refractivity contribution >= 4 is 17.8 Å². The average Bonchev–Trinajstić information content (AvgIpc) is 2.09. The third kappa shape index (κ3) is 1.38. The van der Waals surface area contributed by atoms with Crippen molar-refractivity contribution in [2.45, 2.75) is 25.7 Å². The largest absolute Gasteiger partial charge is 0.330 e. The fourth-order valence-electron chi connectivity index (χ4n) is 2.01. The Morgan fingerprint density at radius 3 is 2.38 bits per heavy atom. The topological polar surface area (TPSA) is 66.5 Å². The lowest BCUT2D eigenvalue weighted by Crippen LogP contribution is -2.66. The van der Waals surface area contributed by atoms with Gasteiger partial charge in [0.15, 0.2) is 0 Å². The Morgan fingerprint density at radius 1 is 1.31 bits per heavy atom. The minimum absolute atomic E-state index is 0.324. The van der Waals surface area contributed by atoms with Crippen molar-refractivity contribution in [1.82, 2.24) is 10.2 Å². The van der Waals surface area contributed by atoms with Crippen molar-refractivity contribution in [2.24, 2.45) is 5.41 Å². The number of rotatable bonds is 2. The molecule has 0 radical (unpaired) electrons. The summed E-state index contributed by atoms with van der Waals surface area (Å²) < 4.78 is 24.4. The molecule has 1 spiro atoms. The van der Waals surface area contributed by atoms with Crippen molar-refractivity contribution in [2.75, 3.05) is 6.54 Å². The third-order valence-electron chi connectivity index (χ3n) is 3.08. The molecule has 1 saturated carbocycles. The molecule has 1 aliphatic carbocycles. The standard InChI is InChI=1S/C9H10F2N2O3/c10-5(11)4-13-7(15)9(2-1-3-9)6(14)12-8(13)16/h5H,1-4H2,(H,12,14,16). The van der Waals surface area contributed by atoms with E-state index in [9.17, 15) is 23.2 Å². The summed E-state index contributed by atoms with van der Waals surface area (Å²) in [6.07, 6.45) is -1.45. The summed E-state index contributed by atoms with van der Waals surface area (Å²) in [4.78, 5) is 34.9. The van der Waals surface area contributed by atoms with Gasteiger partial charge in [0, 0.05) is 0 Å². The SMILES string of the molecule is O=C1NC(=O)C2(CCC2)C(=O)N1CC(F)F. The van der Waals surface area contributed by atoms with Gasteiger partial charge in [0.1, 0.15) is 5.41 Å². The van der Waals surface area contributed by atoms with E-state index in [1.807, 2.05) is 5.32 Å². The van der Waals surface area contributed by atoms with Crippen molar-refractivity contribution in [1.29, 1.82) is 0 Å². The van der Waals surface area contributed by atoms with Crippen LogP contribution >= 0.6 is 0 Å². The van der Waals surface area contributed by atoms with Crippen LogP contribution in [0.15, 0.2) is 0 Å². The van der Waals surface area contributed by atoms with Gasteiger partial charge in [0.2, 0.25) is 11.8 Å². The van der Waals surface area contributed by atoms with Crippen LogP contribution in [-0.4, -0.2) is 35.7 Å². The van der Waals surface area contributed by atoms with Crippen LogP contribution in [0.5, 0.6) is 0 Å². The maximum Gasteiger partial charge on any atom is 0.330 e. The first-order chi connectivity index (χ1) is 7.47. The van der Waals surface area contributed by atoms with Crippen LogP contribution in [-0.2, 0) is 9.59 Å². The highest BCUT2D eigenvalue weighted by molar-refractivity contribution is 6.19. The maximum absolute atomic E-state index is 12.2. The molecule has 0 atom stereocenters. The summed E-state index contributed by atoms with van der Waals surface area (Å²) in [5, 5.41) is 1.95. The smallest absolute Gasteiger partial charge is 0.277 e. The molecule has 0 aromatic heterocycles. The van der Waals surface area contributed by atoms with Crippen LogP contribution in [0, 0.1) is 5.41 Å². The summed E-state index contributed by atoms with van der Waals surface area (Å²) in [5.74, 6) is -1.44. The number of nitrogens with one attached hydrogen (secondary N) is 1. The molecule has 0 unspecified atom stereocenters. The minimum Gasteiger partial charge on any atom is -0.277 e.